The molecule has 0 fully saturated rings. The minimum Gasteiger partial charge on any atom is -0.307 e. The SMILES string of the molecule is Cc1ccc(N(Cc2ccccc2)C(=O)CC(=O)c2ccc(Cl)cc2)c(I)c1. The van der Waals surface area contributed by atoms with Gasteiger partial charge in [-0.3, -0.25) is 9.59 Å². The van der Waals surface area contributed by atoms with Crippen LogP contribution in [0.1, 0.15) is 27.9 Å². The summed E-state index contributed by atoms with van der Waals surface area (Å²) in [5.74, 6) is -0.451. The Hall–Kier alpha value is -2.18. The van der Waals surface area contributed by atoms with E-state index >= 15 is 0 Å². The van der Waals surface area contributed by atoms with Crippen molar-refractivity contribution in [2.75, 3.05) is 4.90 Å². The molecule has 142 valence electrons. The summed E-state index contributed by atoms with van der Waals surface area (Å²) < 4.78 is 0.973. The van der Waals surface area contributed by atoms with E-state index in [0.29, 0.717) is 17.1 Å². The van der Waals surface area contributed by atoms with Crippen LogP contribution in [0.3, 0.4) is 0 Å². The maximum absolute atomic E-state index is 13.1. The number of carbonyl (C=O) groups excluding carboxylic acids is 2. The van der Waals surface area contributed by atoms with E-state index in [-0.39, 0.29) is 18.1 Å². The van der Waals surface area contributed by atoms with E-state index in [1.54, 1.807) is 29.2 Å². The summed E-state index contributed by atoms with van der Waals surface area (Å²) in [6.07, 6.45) is -0.196. The van der Waals surface area contributed by atoms with Crippen molar-refractivity contribution in [2.45, 2.75) is 19.9 Å². The van der Waals surface area contributed by atoms with E-state index in [1.807, 2.05) is 55.5 Å². The zero-order valence-corrected chi connectivity index (χ0v) is 18.3. The molecule has 0 N–H and O–H groups in total. The van der Waals surface area contributed by atoms with Gasteiger partial charge in [0.1, 0.15) is 0 Å². The van der Waals surface area contributed by atoms with Crippen LogP contribution < -0.4 is 4.90 Å². The lowest BCUT2D eigenvalue weighted by Crippen LogP contribution is -2.32. The first-order chi connectivity index (χ1) is 13.4. The number of rotatable bonds is 6. The molecule has 3 aromatic rings. The molecule has 0 unspecified atom stereocenters. The number of anilines is 1. The van der Waals surface area contributed by atoms with Crippen molar-refractivity contribution in [1.82, 2.24) is 0 Å². The van der Waals surface area contributed by atoms with Crippen molar-refractivity contribution in [3.05, 3.63) is 98.1 Å². The van der Waals surface area contributed by atoms with E-state index in [9.17, 15) is 9.59 Å². The zero-order chi connectivity index (χ0) is 20.1. The fourth-order valence-electron chi connectivity index (χ4n) is 2.88. The first kappa shape index (κ1) is 20.6. The summed E-state index contributed by atoms with van der Waals surface area (Å²) >= 11 is 8.12. The fraction of sp³-hybridized carbons (Fsp3) is 0.130. The Kier molecular flexibility index (Phi) is 6.86. The Balaban J connectivity index is 1.87. The molecule has 5 heteroatoms. The monoisotopic (exact) mass is 503 g/mol. The summed E-state index contributed by atoms with van der Waals surface area (Å²) in [5, 5.41) is 0.558. The zero-order valence-electron chi connectivity index (χ0n) is 15.4. The van der Waals surface area contributed by atoms with Crippen LogP contribution in [0, 0.1) is 10.5 Å². The van der Waals surface area contributed by atoms with Gasteiger partial charge in [-0.25, -0.2) is 0 Å². The van der Waals surface area contributed by atoms with Crippen LogP contribution in [0.25, 0.3) is 0 Å². The number of carbonyl (C=O) groups is 2. The Morgan fingerprint density at radius 1 is 0.964 bits per heavy atom. The van der Waals surface area contributed by atoms with Crippen molar-refractivity contribution in [1.29, 1.82) is 0 Å². The van der Waals surface area contributed by atoms with Gasteiger partial charge in [0.2, 0.25) is 5.91 Å². The van der Waals surface area contributed by atoms with E-state index in [1.165, 1.54) is 0 Å². The third kappa shape index (κ3) is 5.20. The molecule has 0 radical (unpaired) electrons. The Morgan fingerprint density at radius 2 is 1.64 bits per heavy atom. The standard InChI is InChI=1S/C23H19ClINO2/c1-16-7-12-21(20(25)13-16)26(15-17-5-3-2-4-6-17)23(28)14-22(27)18-8-10-19(24)11-9-18/h2-13H,14-15H2,1H3. The largest absolute Gasteiger partial charge is 0.307 e. The highest BCUT2D eigenvalue weighted by Crippen LogP contribution is 2.26. The molecule has 0 aromatic heterocycles. The molecule has 28 heavy (non-hydrogen) atoms. The Morgan fingerprint density at radius 3 is 2.29 bits per heavy atom. The number of hydrogen-bond donors (Lipinski definition) is 0. The van der Waals surface area contributed by atoms with Crippen LogP contribution in [-0.2, 0) is 11.3 Å². The van der Waals surface area contributed by atoms with E-state index in [2.05, 4.69) is 22.6 Å². The highest BCUT2D eigenvalue weighted by atomic mass is 127. The third-order valence-electron chi connectivity index (χ3n) is 4.36. The maximum Gasteiger partial charge on any atom is 0.235 e. The molecule has 0 spiro atoms. The predicted molar refractivity (Wildman–Crippen MR) is 122 cm³/mol. The summed E-state index contributed by atoms with van der Waals surface area (Å²) in [7, 11) is 0. The van der Waals surface area contributed by atoms with Crippen LogP contribution in [-0.4, -0.2) is 11.7 Å². The molecular weight excluding hydrogens is 485 g/mol. The highest BCUT2D eigenvalue weighted by Gasteiger charge is 2.22. The number of ketones is 1. The van der Waals surface area contributed by atoms with Gasteiger partial charge in [0.25, 0.3) is 0 Å². The van der Waals surface area contributed by atoms with Crippen LogP contribution in [0.15, 0.2) is 72.8 Å². The lowest BCUT2D eigenvalue weighted by atomic mass is 10.1. The van der Waals surface area contributed by atoms with Gasteiger partial charge in [-0.15, -0.1) is 0 Å². The highest BCUT2D eigenvalue weighted by molar-refractivity contribution is 14.1. The summed E-state index contributed by atoms with van der Waals surface area (Å²) in [6, 6.07) is 22.3. The minimum absolute atomic E-state index is 0.196. The molecule has 1 amide bonds. The molecule has 3 rings (SSSR count). The molecule has 3 nitrogen and oxygen atoms in total. The van der Waals surface area contributed by atoms with Crippen LogP contribution in [0.5, 0.6) is 0 Å². The van der Waals surface area contributed by atoms with Gasteiger partial charge >= 0.3 is 0 Å². The van der Waals surface area contributed by atoms with Gasteiger partial charge in [0, 0.05) is 14.2 Å². The van der Waals surface area contributed by atoms with Gasteiger partial charge in [-0.05, 0) is 77.0 Å². The molecule has 0 saturated heterocycles. The van der Waals surface area contributed by atoms with Crippen molar-refractivity contribution in [2.24, 2.45) is 0 Å². The second kappa shape index (κ2) is 9.34. The molecule has 0 aliphatic carbocycles. The first-order valence-electron chi connectivity index (χ1n) is 8.83. The average molecular weight is 504 g/mol. The quantitative estimate of drug-likeness (QED) is 0.233. The first-order valence-corrected chi connectivity index (χ1v) is 10.3. The minimum atomic E-state index is -0.231. The molecule has 0 aliphatic heterocycles. The van der Waals surface area contributed by atoms with E-state index in [0.717, 1.165) is 20.4 Å². The third-order valence-corrected chi connectivity index (χ3v) is 5.47. The summed E-state index contributed by atoms with van der Waals surface area (Å²) in [5.41, 5.74) is 3.42. The van der Waals surface area contributed by atoms with Crippen LogP contribution in [0.2, 0.25) is 5.02 Å². The average Bonchev–Trinajstić information content (AvgIpc) is 2.68. The lowest BCUT2D eigenvalue weighted by molar-refractivity contribution is -0.117. The summed E-state index contributed by atoms with van der Waals surface area (Å²) in [4.78, 5) is 27.4. The number of halogens is 2. The number of nitrogens with zero attached hydrogens (tertiary/aromatic N) is 1. The molecule has 0 aliphatic rings. The normalized spacial score (nSPS) is 10.5. The van der Waals surface area contributed by atoms with E-state index in [4.69, 9.17) is 11.6 Å². The van der Waals surface area contributed by atoms with E-state index < -0.39 is 0 Å². The molecule has 0 heterocycles. The second-order valence-corrected chi connectivity index (χ2v) is 8.13. The Bertz CT molecular complexity index is 987. The van der Waals surface area contributed by atoms with Crippen molar-refractivity contribution < 1.29 is 9.59 Å². The molecule has 0 atom stereocenters. The number of Topliss-reactive ketones (excluding diaryl/α,β-unsaturated/α-hetero) is 1. The van der Waals surface area contributed by atoms with Gasteiger partial charge in [-0.1, -0.05) is 48.0 Å². The topological polar surface area (TPSA) is 37.4 Å². The number of amides is 1. The van der Waals surface area contributed by atoms with Gasteiger partial charge < -0.3 is 4.90 Å². The predicted octanol–water partition coefficient (Wildman–Crippen LogP) is 6.06. The van der Waals surface area contributed by atoms with Gasteiger partial charge in [-0.2, -0.15) is 0 Å². The molecule has 0 bridgehead atoms. The number of hydrogen-bond acceptors (Lipinski definition) is 2. The smallest absolute Gasteiger partial charge is 0.235 e. The van der Waals surface area contributed by atoms with Gasteiger partial charge in [0.15, 0.2) is 5.78 Å². The molecule has 3 aromatic carbocycles. The summed E-state index contributed by atoms with van der Waals surface area (Å²) in [6.45, 7) is 2.42. The second-order valence-electron chi connectivity index (χ2n) is 6.53. The van der Waals surface area contributed by atoms with Crippen molar-refractivity contribution in [3.8, 4) is 0 Å². The lowest BCUT2D eigenvalue weighted by Gasteiger charge is -2.24. The molecule has 0 saturated carbocycles. The Labute approximate surface area is 183 Å². The van der Waals surface area contributed by atoms with Crippen molar-refractivity contribution in [3.63, 3.8) is 0 Å². The maximum atomic E-state index is 13.1. The molecular formula is C23H19ClINO2. The van der Waals surface area contributed by atoms with Crippen LogP contribution >= 0.6 is 34.2 Å². The number of aryl methyl sites for hydroxylation is 1. The van der Waals surface area contributed by atoms with Crippen LogP contribution in [0.4, 0.5) is 5.69 Å². The van der Waals surface area contributed by atoms with Crippen molar-refractivity contribution >= 4 is 51.6 Å². The van der Waals surface area contributed by atoms with Gasteiger partial charge in [0.05, 0.1) is 18.7 Å². The number of benzene rings is 3. The fourth-order valence-corrected chi connectivity index (χ4v) is 3.96.